The lowest BCUT2D eigenvalue weighted by molar-refractivity contribution is -0.131. The van der Waals surface area contributed by atoms with Gasteiger partial charge in [-0.05, 0) is 39.3 Å². The summed E-state index contributed by atoms with van der Waals surface area (Å²) in [5.41, 5.74) is 0.928. The molecule has 0 saturated heterocycles. The summed E-state index contributed by atoms with van der Waals surface area (Å²) in [4.78, 5) is 10.7. The Balaban J connectivity index is 2.39. The van der Waals surface area contributed by atoms with E-state index in [-0.39, 0.29) is 0 Å². The summed E-state index contributed by atoms with van der Waals surface area (Å²) >= 11 is 0. The summed E-state index contributed by atoms with van der Waals surface area (Å²) in [6.07, 6.45) is 2.83. The molecule has 0 amide bonds. The zero-order chi connectivity index (χ0) is 13.2. The van der Waals surface area contributed by atoms with E-state index in [0.29, 0.717) is 0 Å². The van der Waals surface area contributed by atoms with E-state index in [9.17, 15) is 4.79 Å². The Kier molecular flexibility index (Phi) is 2.76. The number of hydrogen-bond acceptors (Lipinski definition) is 1. The van der Waals surface area contributed by atoms with Crippen molar-refractivity contribution in [1.29, 1.82) is 0 Å². The van der Waals surface area contributed by atoms with Crippen LogP contribution in [0.15, 0.2) is 60.7 Å². The van der Waals surface area contributed by atoms with E-state index in [2.05, 4.69) is 12.1 Å². The van der Waals surface area contributed by atoms with Gasteiger partial charge >= 0.3 is 5.97 Å². The van der Waals surface area contributed by atoms with Crippen LogP contribution >= 0.6 is 0 Å². The topological polar surface area (TPSA) is 37.3 Å². The van der Waals surface area contributed by atoms with Gasteiger partial charge in [-0.2, -0.15) is 0 Å². The number of fused-ring (bicyclic) bond motifs is 3. The van der Waals surface area contributed by atoms with Crippen LogP contribution in [0.4, 0.5) is 0 Å². The molecule has 0 atom stereocenters. The molecule has 0 aliphatic carbocycles. The zero-order valence-electron chi connectivity index (χ0n) is 10.2. The zero-order valence-corrected chi connectivity index (χ0v) is 10.2. The lowest BCUT2D eigenvalue weighted by atomic mass is 9.97. The van der Waals surface area contributed by atoms with Gasteiger partial charge in [0.2, 0.25) is 0 Å². The fourth-order valence-corrected chi connectivity index (χ4v) is 2.38. The predicted octanol–water partition coefficient (Wildman–Crippen LogP) is 4.09. The quantitative estimate of drug-likeness (QED) is 0.548. The Bertz CT molecular complexity index is 801. The molecule has 0 bridgehead atoms. The first-order chi connectivity index (χ1) is 9.25. The molecule has 0 spiro atoms. The molecule has 0 saturated carbocycles. The molecule has 3 aromatic carbocycles. The average Bonchev–Trinajstić information content (AvgIpc) is 2.44. The van der Waals surface area contributed by atoms with E-state index in [1.807, 2.05) is 42.5 Å². The summed E-state index contributed by atoms with van der Waals surface area (Å²) in [5, 5.41) is 13.3. The first-order valence-electron chi connectivity index (χ1n) is 6.07. The maximum Gasteiger partial charge on any atom is 0.328 e. The molecule has 2 heteroatoms. The number of hydrogen-bond donors (Lipinski definition) is 1. The maximum atomic E-state index is 10.7. The Morgan fingerprint density at radius 3 is 2.26 bits per heavy atom. The first kappa shape index (κ1) is 11.5. The summed E-state index contributed by atoms with van der Waals surface area (Å²) in [6, 6.07) is 18.2. The maximum absolute atomic E-state index is 10.7. The number of carbonyl (C=O) groups is 1. The Morgan fingerprint density at radius 2 is 1.53 bits per heavy atom. The van der Waals surface area contributed by atoms with Crippen LogP contribution in [0.1, 0.15) is 5.56 Å². The molecule has 3 rings (SSSR count). The van der Waals surface area contributed by atoms with Crippen molar-refractivity contribution in [3.8, 4) is 0 Å². The van der Waals surface area contributed by atoms with Crippen LogP contribution in [-0.4, -0.2) is 11.1 Å². The van der Waals surface area contributed by atoms with Crippen LogP contribution in [0.25, 0.3) is 27.6 Å². The van der Waals surface area contributed by atoms with Gasteiger partial charge in [0.15, 0.2) is 0 Å². The van der Waals surface area contributed by atoms with Crippen molar-refractivity contribution in [1.82, 2.24) is 0 Å². The largest absolute Gasteiger partial charge is 0.478 e. The van der Waals surface area contributed by atoms with Gasteiger partial charge in [-0.1, -0.05) is 48.5 Å². The Morgan fingerprint density at radius 1 is 0.895 bits per heavy atom. The second-order valence-corrected chi connectivity index (χ2v) is 4.40. The van der Waals surface area contributed by atoms with Crippen LogP contribution in [0.3, 0.4) is 0 Å². The van der Waals surface area contributed by atoms with E-state index in [0.717, 1.165) is 21.7 Å². The van der Waals surface area contributed by atoms with Gasteiger partial charge in [0, 0.05) is 6.08 Å². The molecule has 0 aromatic heterocycles. The van der Waals surface area contributed by atoms with E-state index >= 15 is 0 Å². The summed E-state index contributed by atoms with van der Waals surface area (Å²) in [7, 11) is 0. The van der Waals surface area contributed by atoms with Crippen molar-refractivity contribution in [2.75, 3.05) is 0 Å². The summed E-state index contributed by atoms with van der Waals surface area (Å²) < 4.78 is 0. The minimum absolute atomic E-state index is 0.928. The van der Waals surface area contributed by atoms with E-state index in [1.165, 1.54) is 11.5 Å². The van der Waals surface area contributed by atoms with Gasteiger partial charge in [-0.25, -0.2) is 4.79 Å². The molecule has 0 fully saturated rings. The normalized spacial score (nSPS) is 11.4. The molecular weight excluding hydrogens is 236 g/mol. The minimum Gasteiger partial charge on any atom is -0.478 e. The van der Waals surface area contributed by atoms with Gasteiger partial charge in [0.25, 0.3) is 0 Å². The van der Waals surface area contributed by atoms with Crippen LogP contribution in [-0.2, 0) is 4.79 Å². The van der Waals surface area contributed by atoms with Crippen molar-refractivity contribution >= 4 is 33.6 Å². The monoisotopic (exact) mass is 248 g/mol. The SMILES string of the molecule is O=C(O)C=Cc1cc2ccccc2c2ccccc12. The molecule has 1 N–H and O–H groups in total. The number of carboxylic acid groups (broad SMARTS) is 1. The second-order valence-electron chi connectivity index (χ2n) is 4.40. The summed E-state index contributed by atoms with van der Waals surface area (Å²) in [6.45, 7) is 0. The van der Waals surface area contributed by atoms with Crippen LogP contribution in [0, 0.1) is 0 Å². The van der Waals surface area contributed by atoms with Crippen LogP contribution in [0.2, 0.25) is 0 Å². The molecule has 0 heterocycles. The number of aliphatic carboxylic acids is 1. The van der Waals surface area contributed by atoms with Crippen LogP contribution < -0.4 is 0 Å². The van der Waals surface area contributed by atoms with Gasteiger partial charge in [0.1, 0.15) is 0 Å². The van der Waals surface area contributed by atoms with Crippen molar-refractivity contribution in [2.24, 2.45) is 0 Å². The van der Waals surface area contributed by atoms with E-state index < -0.39 is 5.97 Å². The van der Waals surface area contributed by atoms with Gasteiger partial charge < -0.3 is 5.11 Å². The third kappa shape index (κ3) is 2.08. The van der Waals surface area contributed by atoms with Crippen molar-refractivity contribution in [2.45, 2.75) is 0 Å². The second kappa shape index (κ2) is 4.58. The van der Waals surface area contributed by atoms with E-state index in [4.69, 9.17) is 5.11 Å². The standard InChI is InChI=1S/C17H12O2/c18-17(19)10-9-13-11-12-5-1-2-6-14(12)16-8-4-3-7-15(13)16/h1-11H,(H,18,19). The van der Waals surface area contributed by atoms with Crippen molar-refractivity contribution < 1.29 is 9.90 Å². The van der Waals surface area contributed by atoms with Gasteiger partial charge in [-0.15, -0.1) is 0 Å². The molecular formula is C17H12O2. The minimum atomic E-state index is -0.933. The molecule has 92 valence electrons. The van der Waals surface area contributed by atoms with E-state index in [1.54, 1.807) is 6.08 Å². The third-order valence-electron chi connectivity index (χ3n) is 3.21. The fraction of sp³-hybridized carbons (Fsp3) is 0. The Labute approximate surface area is 110 Å². The average molecular weight is 248 g/mol. The highest BCUT2D eigenvalue weighted by Crippen LogP contribution is 2.29. The third-order valence-corrected chi connectivity index (χ3v) is 3.21. The lowest BCUT2D eigenvalue weighted by Crippen LogP contribution is -1.87. The van der Waals surface area contributed by atoms with Crippen molar-refractivity contribution in [3.05, 3.63) is 66.2 Å². The lowest BCUT2D eigenvalue weighted by Gasteiger charge is -2.07. The highest BCUT2D eigenvalue weighted by molar-refractivity contribution is 6.11. The molecule has 3 aromatic rings. The molecule has 0 radical (unpaired) electrons. The van der Waals surface area contributed by atoms with Crippen LogP contribution in [0.5, 0.6) is 0 Å². The smallest absolute Gasteiger partial charge is 0.328 e. The molecule has 0 aliphatic heterocycles. The molecule has 2 nitrogen and oxygen atoms in total. The highest BCUT2D eigenvalue weighted by atomic mass is 16.4. The van der Waals surface area contributed by atoms with Gasteiger partial charge in [0.05, 0.1) is 0 Å². The summed E-state index contributed by atoms with van der Waals surface area (Å²) in [5.74, 6) is -0.933. The number of benzene rings is 3. The highest BCUT2D eigenvalue weighted by Gasteiger charge is 2.04. The fourth-order valence-electron chi connectivity index (χ4n) is 2.38. The van der Waals surface area contributed by atoms with Crippen molar-refractivity contribution in [3.63, 3.8) is 0 Å². The molecule has 19 heavy (non-hydrogen) atoms. The predicted molar refractivity (Wildman–Crippen MR) is 78.1 cm³/mol. The molecule has 0 unspecified atom stereocenters. The molecule has 0 aliphatic rings. The Hall–Kier alpha value is -2.61. The first-order valence-corrected chi connectivity index (χ1v) is 6.07. The number of rotatable bonds is 2. The number of carboxylic acids is 1. The van der Waals surface area contributed by atoms with Gasteiger partial charge in [-0.3, -0.25) is 0 Å².